The Balaban J connectivity index is 1.98. The Morgan fingerprint density at radius 1 is 1.17 bits per heavy atom. The quantitative estimate of drug-likeness (QED) is 0.605. The van der Waals surface area contributed by atoms with Crippen molar-refractivity contribution in [1.29, 1.82) is 0 Å². The van der Waals surface area contributed by atoms with Crippen molar-refractivity contribution in [2.24, 2.45) is 0 Å². The van der Waals surface area contributed by atoms with E-state index in [0.717, 1.165) is 9.37 Å². The van der Waals surface area contributed by atoms with E-state index in [-0.39, 0.29) is 11.6 Å². The summed E-state index contributed by atoms with van der Waals surface area (Å²) in [5.74, 6) is -0.137. The Kier molecular flexibility index (Phi) is 4.55. The molecule has 0 aliphatic heterocycles. The predicted octanol–water partition coefficient (Wildman–Crippen LogP) is 4.56. The zero-order valence-electron chi connectivity index (χ0n) is 9.40. The lowest BCUT2D eigenvalue weighted by Crippen LogP contribution is -2.02. The van der Waals surface area contributed by atoms with Gasteiger partial charge in [0, 0.05) is 14.9 Å². The van der Waals surface area contributed by atoms with Crippen LogP contribution in [0, 0.1) is 5.82 Å². The van der Waals surface area contributed by atoms with E-state index in [0.29, 0.717) is 11.3 Å². The summed E-state index contributed by atoms with van der Waals surface area (Å²) in [5, 5.41) is 0. The van der Waals surface area contributed by atoms with Crippen LogP contribution in [-0.2, 0) is 0 Å². The molecule has 0 aliphatic rings. The van der Waals surface area contributed by atoms with E-state index in [1.54, 1.807) is 12.1 Å². The third kappa shape index (κ3) is 3.68. The number of halogens is 2. The average Bonchev–Trinajstić information content (AvgIpc) is 2.38. The predicted molar refractivity (Wildman–Crippen MR) is 75.6 cm³/mol. The van der Waals surface area contributed by atoms with Gasteiger partial charge in [-0.05, 0) is 36.4 Å². The van der Waals surface area contributed by atoms with E-state index in [1.165, 1.54) is 23.9 Å². The normalized spacial score (nSPS) is 10.3. The van der Waals surface area contributed by atoms with Crippen molar-refractivity contribution in [1.82, 2.24) is 0 Å². The van der Waals surface area contributed by atoms with Gasteiger partial charge in [-0.15, -0.1) is 11.8 Å². The maximum atomic E-state index is 13.0. The minimum atomic E-state index is -0.380. The molecule has 0 bridgehead atoms. The summed E-state index contributed by atoms with van der Waals surface area (Å²) < 4.78 is 14.0. The van der Waals surface area contributed by atoms with Crippen molar-refractivity contribution in [3.05, 3.63) is 64.4 Å². The number of rotatable bonds is 4. The average molecular weight is 325 g/mol. The third-order valence-electron chi connectivity index (χ3n) is 2.33. The van der Waals surface area contributed by atoms with Crippen molar-refractivity contribution in [3.8, 4) is 0 Å². The lowest BCUT2D eigenvalue weighted by atomic mass is 10.1. The lowest BCUT2D eigenvalue weighted by Gasteiger charge is -2.02. The largest absolute Gasteiger partial charge is 0.293 e. The van der Waals surface area contributed by atoms with E-state index in [9.17, 15) is 9.18 Å². The van der Waals surface area contributed by atoms with Crippen LogP contribution in [0.2, 0.25) is 0 Å². The topological polar surface area (TPSA) is 17.1 Å². The van der Waals surface area contributed by atoms with Crippen LogP contribution < -0.4 is 0 Å². The molecule has 0 aromatic heterocycles. The van der Waals surface area contributed by atoms with Gasteiger partial charge in [-0.1, -0.05) is 28.1 Å². The van der Waals surface area contributed by atoms with Gasteiger partial charge in [-0.2, -0.15) is 0 Å². The van der Waals surface area contributed by atoms with Gasteiger partial charge in [0.1, 0.15) is 5.82 Å². The Morgan fingerprint density at radius 2 is 1.89 bits per heavy atom. The molecule has 92 valence electrons. The minimum absolute atomic E-state index is 0.0672. The molecule has 0 radical (unpaired) electrons. The molecule has 0 atom stereocenters. The Labute approximate surface area is 118 Å². The van der Waals surface area contributed by atoms with Crippen molar-refractivity contribution < 1.29 is 9.18 Å². The fraction of sp³-hybridized carbons (Fsp3) is 0.0714. The van der Waals surface area contributed by atoms with Crippen LogP contribution >= 0.6 is 27.7 Å². The maximum absolute atomic E-state index is 13.0. The van der Waals surface area contributed by atoms with E-state index in [1.807, 2.05) is 24.3 Å². The molecule has 2 aromatic carbocycles. The monoisotopic (exact) mass is 324 g/mol. The summed E-state index contributed by atoms with van der Waals surface area (Å²) >= 11 is 4.80. The highest BCUT2D eigenvalue weighted by Crippen LogP contribution is 2.21. The molecule has 1 nitrogen and oxygen atoms in total. The van der Waals surface area contributed by atoms with Gasteiger partial charge in [0.2, 0.25) is 0 Å². The number of Topliss-reactive ketones (excluding diaryl/α,β-unsaturated/α-hetero) is 1. The summed E-state index contributed by atoms with van der Waals surface area (Å²) in [6.07, 6.45) is 0. The molecule has 0 spiro atoms. The molecule has 0 saturated carbocycles. The molecule has 0 unspecified atom stereocenters. The Hall–Kier alpha value is -1.13. The number of hydrogen-bond donors (Lipinski definition) is 0. The van der Waals surface area contributed by atoms with Crippen LogP contribution in [0.15, 0.2) is 57.9 Å². The second-order valence-electron chi connectivity index (χ2n) is 3.68. The molecule has 0 fully saturated rings. The summed E-state index contributed by atoms with van der Waals surface area (Å²) in [4.78, 5) is 12.9. The molecule has 0 N–H and O–H groups in total. The SMILES string of the molecule is O=C(CSc1ccc(Br)cc1)c1cccc(F)c1. The fourth-order valence-electron chi connectivity index (χ4n) is 1.42. The van der Waals surface area contributed by atoms with Crippen LogP contribution in [0.4, 0.5) is 4.39 Å². The van der Waals surface area contributed by atoms with Gasteiger partial charge in [-0.25, -0.2) is 4.39 Å². The molecule has 2 aromatic rings. The first-order chi connectivity index (χ1) is 8.65. The zero-order chi connectivity index (χ0) is 13.0. The van der Waals surface area contributed by atoms with Gasteiger partial charge in [0.25, 0.3) is 0 Å². The maximum Gasteiger partial charge on any atom is 0.173 e. The molecule has 18 heavy (non-hydrogen) atoms. The van der Waals surface area contributed by atoms with E-state index in [4.69, 9.17) is 0 Å². The molecule has 0 amide bonds. The number of hydrogen-bond acceptors (Lipinski definition) is 2. The highest BCUT2D eigenvalue weighted by atomic mass is 79.9. The van der Waals surface area contributed by atoms with Gasteiger partial charge in [0.05, 0.1) is 5.75 Å². The van der Waals surface area contributed by atoms with Crippen LogP contribution in [0.1, 0.15) is 10.4 Å². The summed E-state index contributed by atoms with van der Waals surface area (Å²) in [5.41, 5.74) is 0.416. The first-order valence-electron chi connectivity index (χ1n) is 5.32. The Bertz CT molecular complexity index is 554. The highest BCUT2D eigenvalue weighted by Gasteiger charge is 2.07. The number of thioether (sulfide) groups is 1. The van der Waals surface area contributed by atoms with Crippen LogP contribution in [-0.4, -0.2) is 11.5 Å². The molecule has 0 aliphatic carbocycles. The van der Waals surface area contributed by atoms with E-state index < -0.39 is 0 Å². The summed E-state index contributed by atoms with van der Waals surface area (Å²) in [6.45, 7) is 0. The first kappa shape index (κ1) is 13.3. The molecule has 4 heteroatoms. The van der Waals surface area contributed by atoms with Crippen molar-refractivity contribution >= 4 is 33.5 Å². The van der Waals surface area contributed by atoms with Crippen LogP contribution in [0.5, 0.6) is 0 Å². The highest BCUT2D eigenvalue weighted by molar-refractivity contribution is 9.10. The molecule has 0 heterocycles. The van der Waals surface area contributed by atoms with Gasteiger partial charge < -0.3 is 0 Å². The lowest BCUT2D eigenvalue weighted by molar-refractivity contribution is 0.102. The van der Waals surface area contributed by atoms with Crippen LogP contribution in [0.3, 0.4) is 0 Å². The second kappa shape index (κ2) is 6.16. The number of carbonyl (C=O) groups excluding carboxylic acids is 1. The third-order valence-corrected chi connectivity index (χ3v) is 3.87. The zero-order valence-corrected chi connectivity index (χ0v) is 11.8. The minimum Gasteiger partial charge on any atom is -0.293 e. The number of benzene rings is 2. The van der Waals surface area contributed by atoms with Crippen LogP contribution in [0.25, 0.3) is 0 Å². The summed E-state index contributed by atoms with van der Waals surface area (Å²) in [6, 6.07) is 13.5. The standard InChI is InChI=1S/C14H10BrFOS/c15-11-4-6-13(7-5-11)18-9-14(17)10-2-1-3-12(16)8-10/h1-8H,9H2. The van der Waals surface area contributed by atoms with Gasteiger partial charge in [-0.3, -0.25) is 4.79 Å². The van der Waals surface area contributed by atoms with Crippen molar-refractivity contribution in [2.45, 2.75) is 4.90 Å². The van der Waals surface area contributed by atoms with Crippen molar-refractivity contribution in [2.75, 3.05) is 5.75 Å². The van der Waals surface area contributed by atoms with E-state index in [2.05, 4.69) is 15.9 Å². The van der Waals surface area contributed by atoms with Gasteiger partial charge in [0.15, 0.2) is 5.78 Å². The number of ketones is 1. The molecular formula is C14H10BrFOS. The second-order valence-corrected chi connectivity index (χ2v) is 5.64. The smallest absolute Gasteiger partial charge is 0.173 e. The number of carbonyl (C=O) groups is 1. The first-order valence-corrected chi connectivity index (χ1v) is 7.10. The molecular weight excluding hydrogens is 315 g/mol. The summed E-state index contributed by atoms with van der Waals surface area (Å²) in [7, 11) is 0. The van der Waals surface area contributed by atoms with Crippen molar-refractivity contribution in [3.63, 3.8) is 0 Å². The molecule has 0 saturated heterocycles. The fourth-order valence-corrected chi connectivity index (χ4v) is 2.48. The van der Waals surface area contributed by atoms with E-state index >= 15 is 0 Å². The molecule has 2 rings (SSSR count). The van der Waals surface area contributed by atoms with Gasteiger partial charge >= 0.3 is 0 Å². The Morgan fingerprint density at radius 3 is 2.56 bits per heavy atom.